The Kier molecular flexibility index (Phi) is 4.39. The number of hydrogen-bond donors (Lipinski definition) is 4. The van der Waals surface area contributed by atoms with Gasteiger partial charge in [-0.2, -0.15) is 0 Å². The normalized spacial score (nSPS) is 23.2. The van der Waals surface area contributed by atoms with Crippen molar-refractivity contribution in [2.75, 3.05) is 11.5 Å². The highest BCUT2D eigenvalue weighted by atomic mass is 32.2. The number of amides is 2. The number of thiazole rings is 1. The summed E-state index contributed by atoms with van der Waals surface area (Å²) >= 11 is 2.42. The molecule has 1 saturated heterocycles. The van der Waals surface area contributed by atoms with E-state index in [0.717, 1.165) is 16.2 Å². The van der Waals surface area contributed by atoms with Crippen molar-refractivity contribution in [3.8, 4) is 0 Å². The SMILES string of the molecule is CC1=C(C(=O)O)N2C(=O)[C@@H](NC(=O)/C(=N\O)c3csc(N)n3)[C@H]2SC1. The van der Waals surface area contributed by atoms with Crippen molar-refractivity contribution in [3.05, 3.63) is 22.3 Å². The number of rotatable bonds is 4. The van der Waals surface area contributed by atoms with Crippen LogP contribution in [0, 0.1) is 0 Å². The Balaban J connectivity index is 1.76. The Bertz CT molecular complexity index is 833. The second-order valence-electron chi connectivity index (χ2n) is 5.31. The molecule has 0 aliphatic carbocycles. The third-order valence-corrected chi connectivity index (χ3v) is 5.83. The number of β-lactam (4-membered cyclic amide) rings is 1. The van der Waals surface area contributed by atoms with Gasteiger partial charge in [0.2, 0.25) is 0 Å². The number of aromatic nitrogens is 1. The Hall–Kier alpha value is -2.60. The number of nitrogen functional groups attached to an aromatic ring is 1. The van der Waals surface area contributed by atoms with Crippen LogP contribution in [0.3, 0.4) is 0 Å². The fourth-order valence-corrected chi connectivity index (χ4v) is 4.43. The number of nitrogens with zero attached hydrogens (tertiary/aromatic N) is 3. The zero-order valence-electron chi connectivity index (χ0n) is 12.8. The standard InChI is InChI=1S/C13H13N5O5S2/c1-4-2-24-11-7(10(20)18(11)8(4)12(21)22)16-9(19)6(17-23)5-3-25-13(14)15-5/h3,7,11,23H,2H2,1H3,(H2,14,15)(H,16,19)(H,21,22)/b17-6-/t7-,11-/m1/s1. The number of fused-ring (bicyclic) bond motifs is 1. The van der Waals surface area contributed by atoms with E-state index in [1.807, 2.05) is 0 Å². The molecule has 1 aromatic rings. The lowest BCUT2D eigenvalue weighted by Gasteiger charge is -2.49. The zero-order chi connectivity index (χ0) is 18.3. The maximum atomic E-state index is 12.3. The molecule has 1 fully saturated rings. The first kappa shape index (κ1) is 17.2. The average Bonchev–Trinajstić information content (AvgIpc) is 2.98. The van der Waals surface area contributed by atoms with E-state index in [1.165, 1.54) is 17.1 Å². The summed E-state index contributed by atoms with van der Waals surface area (Å²) in [6.07, 6.45) is 0. The lowest BCUT2D eigenvalue weighted by Crippen LogP contribution is -2.71. The van der Waals surface area contributed by atoms with Gasteiger partial charge >= 0.3 is 5.97 Å². The summed E-state index contributed by atoms with van der Waals surface area (Å²) in [7, 11) is 0. The molecule has 12 heteroatoms. The molecule has 25 heavy (non-hydrogen) atoms. The Labute approximate surface area is 149 Å². The molecule has 0 bridgehead atoms. The van der Waals surface area contributed by atoms with Crippen LogP contribution in [0.1, 0.15) is 12.6 Å². The number of carbonyl (C=O) groups is 3. The molecular weight excluding hydrogens is 370 g/mol. The lowest BCUT2D eigenvalue weighted by atomic mass is 10.0. The van der Waals surface area contributed by atoms with Crippen LogP contribution in [-0.4, -0.2) is 60.9 Å². The molecule has 1 aromatic heterocycles. The van der Waals surface area contributed by atoms with Gasteiger partial charge in [0.1, 0.15) is 22.8 Å². The minimum Gasteiger partial charge on any atom is -0.477 e. The van der Waals surface area contributed by atoms with E-state index in [-0.39, 0.29) is 22.2 Å². The highest BCUT2D eigenvalue weighted by molar-refractivity contribution is 8.00. The Morgan fingerprint density at radius 2 is 2.24 bits per heavy atom. The molecule has 0 aromatic carbocycles. The van der Waals surface area contributed by atoms with Gasteiger partial charge in [-0.15, -0.1) is 23.1 Å². The summed E-state index contributed by atoms with van der Waals surface area (Å²) in [6.45, 7) is 1.65. The van der Waals surface area contributed by atoms with Crippen LogP contribution in [0.15, 0.2) is 21.8 Å². The second-order valence-corrected chi connectivity index (χ2v) is 7.31. The van der Waals surface area contributed by atoms with Crippen molar-refractivity contribution in [2.24, 2.45) is 5.16 Å². The molecule has 2 aliphatic heterocycles. The number of thioether (sulfide) groups is 1. The van der Waals surface area contributed by atoms with E-state index in [9.17, 15) is 19.5 Å². The predicted molar refractivity (Wildman–Crippen MR) is 90.2 cm³/mol. The summed E-state index contributed by atoms with van der Waals surface area (Å²) in [6, 6.07) is -0.910. The molecule has 0 saturated carbocycles. The first-order chi connectivity index (χ1) is 11.8. The van der Waals surface area contributed by atoms with Crippen molar-refractivity contribution in [1.29, 1.82) is 0 Å². The number of carbonyl (C=O) groups excluding carboxylic acids is 2. The molecule has 132 valence electrons. The van der Waals surface area contributed by atoms with Crippen molar-refractivity contribution < 1.29 is 24.7 Å². The lowest BCUT2D eigenvalue weighted by molar-refractivity contribution is -0.150. The number of nitrogens with one attached hydrogen (secondary N) is 1. The summed E-state index contributed by atoms with van der Waals surface area (Å²) < 4.78 is 0. The summed E-state index contributed by atoms with van der Waals surface area (Å²) in [4.78, 5) is 41.0. The average molecular weight is 383 g/mol. The van der Waals surface area contributed by atoms with Gasteiger partial charge in [-0.25, -0.2) is 9.78 Å². The smallest absolute Gasteiger partial charge is 0.352 e. The quantitative estimate of drug-likeness (QED) is 0.238. The zero-order valence-corrected chi connectivity index (χ0v) is 14.4. The van der Waals surface area contributed by atoms with Gasteiger partial charge in [0.15, 0.2) is 10.8 Å². The maximum Gasteiger partial charge on any atom is 0.352 e. The first-order valence-corrected chi connectivity index (χ1v) is 8.90. The molecular formula is C13H13N5O5S2. The monoisotopic (exact) mass is 383 g/mol. The summed E-state index contributed by atoms with van der Waals surface area (Å²) in [5.74, 6) is -2.07. The van der Waals surface area contributed by atoms with Crippen molar-refractivity contribution in [1.82, 2.24) is 15.2 Å². The van der Waals surface area contributed by atoms with Crippen LogP contribution in [0.5, 0.6) is 0 Å². The number of anilines is 1. The number of aliphatic carboxylic acids is 1. The highest BCUT2D eigenvalue weighted by Crippen LogP contribution is 2.40. The van der Waals surface area contributed by atoms with Gasteiger partial charge in [0.05, 0.1) is 0 Å². The largest absolute Gasteiger partial charge is 0.477 e. The number of nitrogens with two attached hydrogens (primary N) is 1. The minimum absolute atomic E-state index is 0.0532. The molecule has 3 heterocycles. The molecule has 0 spiro atoms. The number of carboxylic acid groups (broad SMARTS) is 1. The number of carboxylic acids is 1. The predicted octanol–water partition coefficient (Wildman–Crippen LogP) is -0.338. The van der Waals surface area contributed by atoms with Crippen LogP contribution < -0.4 is 11.1 Å². The van der Waals surface area contributed by atoms with Crippen molar-refractivity contribution in [2.45, 2.75) is 18.3 Å². The molecule has 2 amide bonds. The number of oxime groups is 1. The minimum atomic E-state index is -1.18. The van der Waals surface area contributed by atoms with Crippen LogP contribution in [-0.2, 0) is 14.4 Å². The molecule has 10 nitrogen and oxygen atoms in total. The fourth-order valence-electron chi connectivity index (χ4n) is 2.59. The van der Waals surface area contributed by atoms with Crippen LogP contribution in [0.25, 0.3) is 0 Å². The van der Waals surface area contributed by atoms with Crippen molar-refractivity contribution in [3.63, 3.8) is 0 Å². The van der Waals surface area contributed by atoms with Gasteiger partial charge in [-0.05, 0) is 12.5 Å². The first-order valence-electron chi connectivity index (χ1n) is 6.97. The third kappa shape index (κ3) is 2.82. The molecule has 2 atom stereocenters. The molecule has 5 N–H and O–H groups in total. The van der Waals surface area contributed by atoms with Gasteiger partial charge < -0.3 is 21.4 Å². The van der Waals surface area contributed by atoms with Gasteiger partial charge in [-0.3, -0.25) is 14.5 Å². The van der Waals surface area contributed by atoms with Gasteiger partial charge in [0.25, 0.3) is 11.8 Å². The van der Waals surface area contributed by atoms with Crippen LogP contribution >= 0.6 is 23.1 Å². The Morgan fingerprint density at radius 1 is 1.52 bits per heavy atom. The molecule has 2 aliphatic rings. The highest BCUT2D eigenvalue weighted by Gasteiger charge is 2.54. The van der Waals surface area contributed by atoms with Crippen LogP contribution in [0.2, 0.25) is 0 Å². The van der Waals surface area contributed by atoms with E-state index < -0.39 is 29.2 Å². The van der Waals surface area contributed by atoms with Gasteiger partial charge in [0, 0.05) is 11.1 Å². The van der Waals surface area contributed by atoms with E-state index in [2.05, 4.69) is 15.5 Å². The van der Waals surface area contributed by atoms with E-state index in [4.69, 9.17) is 10.9 Å². The Morgan fingerprint density at radius 3 is 2.80 bits per heavy atom. The van der Waals surface area contributed by atoms with E-state index in [1.54, 1.807) is 6.92 Å². The van der Waals surface area contributed by atoms with Crippen molar-refractivity contribution >= 4 is 51.7 Å². The summed E-state index contributed by atoms with van der Waals surface area (Å²) in [5.41, 5.74) is 5.74. The molecule has 0 radical (unpaired) electrons. The maximum absolute atomic E-state index is 12.3. The van der Waals surface area contributed by atoms with E-state index in [0.29, 0.717) is 11.3 Å². The number of hydrogen-bond acceptors (Lipinski definition) is 9. The topological polar surface area (TPSA) is 158 Å². The third-order valence-electron chi connectivity index (χ3n) is 3.73. The molecule has 3 rings (SSSR count). The van der Waals surface area contributed by atoms with E-state index >= 15 is 0 Å². The van der Waals surface area contributed by atoms with Gasteiger partial charge in [-0.1, -0.05) is 5.16 Å². The molecule has 0 unspecified atom stereocenters. The summed E-state index contributed by atoms with van der Waals surface area (Å²) in [5, 5.41) is 24.9. The fraction of sp³-hybridized carbons (Fsp3) is 0.308. The van der Waals surface area contributed by atoms with Crippen LogP contribution in [0.4, 0.5) is 5.13 Å². The second kappa shape index (κ2) is 6.37.